The summed E-state index contributed by atoms with van der Waals surface area (Å²) in [6.07, 6.45) is 7.86. The molecule has 0 aromatic carbocycles. The van der Waals surface area contributed by atoms with Crippen molar-refractivity contribution in [3.63, 3.8) is 0 Å². The number of aliphatic hydroxyl groups excluding tert-OH is 1. The summed E-state index contributed by atoms with van der Waals surface area (Å²) in [6.45, 7) is 1.23. The Hall–Kier alpha value is -1.46. The number of thiophene rings is 1. The predicted octanol–water partition coefficient (Wildman–Crippen LogP) is 2.95. The highest BCUT2D eigenvalue weighted by Gasteiger charge is 2.25. The van der Waals surface area contributed by atoms with Crippen molar-refractivity contribution in [1.29, 1.82) is 0 Å². The van der Waals surface area contributed by atoms with Crippen molar-refractivity contribution in [2.24, 2.45) is 0 Å². The molecule has 4 nitrogen and oxygen atoms in total. The number of anilines is 1. The van der Waals surface area contributed by atoms with Gasteiger partial charge in [-0.1, -0.05) is 0 Å². The molecule has 0 saturated carbocycles. The van der Waals surface area contributed by atoms with Gasteiger partial charge in [0.25, 0.3) is 0 Å². The van der Waals surface area contributed by atoms with Crippen LogP contribution >= 0.6 is 11.3 Å². The Bertz CT molecular complexity index is 542. The Balaban J connectivity index is 1.96. The van der Waals surface area contributed by atoms with Crippen molar-refractivity contribution in [3.05, 3.63) is 29.2 Å². The van der Waals surface area contributed by atoms with Crippen LogP contribution in [0.1, 0.15) is 25.7 Å². The lowest BCUT2D eigenvalue weighted by Gasteiger charge is -2.37. The minimum Gasteiger partial charge on any atom is -0.396 e. The van der Waals surface area contributed by atoms with Crippen LogP contribution in [0.15, 0.2) is 29.2 Å². The summed E-state index contributed by atoms with van der Waals surface area (Å²) in [4.78, 5) is 11.4. The van der Waals surface area contributed by atoms with Gasteiger partial charge in [-0.3, -0.25) is 4.98 Å². The fourth-order valence-electron chi connectivity index (χ4n) is 2.87. The van der Waals surface area contributed by atoms with E-state index in [0.29, 0.717) is 6.04 Å². The van der Waals surface area contributed by atoms with E-state index in [9.17, 15) is 5.11 Å². The average Bonchev–Trinajstić information content (AvgIpc) is 3.02. The van der Waals surface area contributed by atoms with Crippen molar-refractivity contribution in [1.82, 2.24) is 9.97 Å². The molecule has 0 radical (unpaired) electrons. The average molecular weight is 289 g/mol. The minimum atomic E-state index is 0.231. The Kier molecular flexibility index (Phi) is 4.28. The van der Waals surface area contributed by atoms with Gasteiger partial charge >= 0.3 is 0 Å². The first-order chi connectivity index (χ1) is 9.90. The second kappa shape index (κ2) is 6.33. The van der Waals surface area contributed by atoms with Crippen LogP contribution in [-0.2, 0) is 0 Å². The minimum absolute atomic E-state index is 0.231. The molecular weight excluding hydrogens is 270 g/mol. The molecule has 1 aliphatic rings. The molecule has 106 valence electrons. The molecule has 1 fully saturated rings. The van der Waals surface area contributed by atoms with Crippen LogP contribution in [-0.4, -0.2) is 34.3 Å². The second-order valence-electron chi connectivity index (χ2n) is 5.10. The predicted molar refractivity (Wildman–Crippen MR) is 82.0 cm³/mol. The van der Waals surface area contributed by atoms with E-state index in [4.69, 9.17) is 0 Å². The van der Waals surface area contributed by atoms with Crippen molar-refractivity contribution in [3.8, 4) is 11.3 Å². The number of piperidine rings is 1. The van der Waals surface area contributed by atoms with E-state index in [1.807, 2.05) is 0 Å². The molecule has 5 heteroatoms. The molecule has 2 aromatic heterocycles. The largest absolute Gasteiger partial charge is 0.396 e. The van der Waals surface area contributed by atoms with E-state index in [2.05, 4.69) is 31.7 Å². The Morgan fingerprint density at radius 1 is 1.30 bits per heavy atom. The van der Waals surface area contributed by atoms with Gasteiger partial charge in [0, 0.05) is 42.5 Å². The third-order valence-electron chi connectivity index (χ3n) is 3.84. The molecule has 0 aliphatic carbocycles. The fraction of sp³-hybridized carbons (Fsp3) is 0.467. The second-order valence-corrected chi connectivity index (χ2v) is 5.88. The first-order valence-corrected chi connectivity index (χ1v) is 8.05. The quantitative estimate of drug-likeness (QED) is 0.940. The van der Waals surface area contributed by atoms with Gasteiger partial charge in [0.15, 0.2) is 5.82 Å². The van der Waals surface area contributed by atoms with Gasteiger partial charge in [0.05, 0.1) is 0 Å². The lowest BCUT2D eigenvalue weighted by Crippen LogP contribution is -2.41. The fourth-order valence-corrected chi connectivity index (χ4v) is 3.51. The van der Waals surface area contributed by atoms with E-state index in [0.717, 1.165) is 36.5 Å². The normalized spacial score (nSPS) is 19.2. The molecule has 1 N–H and O–H groups in total. The summed E-state index contributed by atoms with van der Waals surface area (Å²) in [6, 6.07) is 2.46. The molecule has 3 rings (SSSR count). The van der Waals surface area contributed by atoms with Crippen molar-refractivity contribution >= 4 is 17.2 Å². The molecule has 1 aliphatic heterocycles. The van der Waals surface area contributed by atoms with Gasteiger partial charge in [0.2, 0.25) is 0 Å². The van der Waals surface area contributed by atoms with Crippen LogP contribution in [0.2, 0.25) is 0 Å². The molecule has 2 aromatic rings. The number of hydrogen-bond acceptors (Lipinski definition) is 5. The Morgan fingerprint density at radius 2 is 2.20 bits per heavy atom. The molecule has 0 spiro atoms. The summed E-state index contributed by atoms with van der Waals surface area (Å²) in [5, 5.41) is 13.4. The van der Waals surface area contributed by atoms with Gasteiger partial charge in [0.1, 0.15) is 5.69 Å². The van der Waals surface area contributed by atoms with E-state index in [1.165, 1.54) is 12.8 Å². The molecule has 0 bridgehead atoms. The molecule has 1 saturated heterocycles. The third kappa shape index (κ3) is 2.69. The van der Waals surface area contributed by atoms with Crippen LogP contribution in [0.4, 0.5) is 5.82 Å². The lowest BCUT2D eigenvalue weighted by molar-refractivity contribution is 0.262. The highest BCUT2D eigenvalue weighted by Crippen LogP contribution is 2.32. The van der Waals surface area contributed by atoms with Gasteiger partial charge in [-0.15, -0.1) is 0 Å². The van der Waals surface area contributed by atoms with Crippen LogP contribution in [0.3, 0.4) is 0 Å². The number of aromatic nitrogens is 2. The van der Waals surface area contributed by atoms with Gasteiger partial charge in [-0.05, 0) is 37.1 Å². The molecule has 1 atom stereocenters. The Labute approximate surface area is 123 Å². The number of rotatable bonds is 4. The summed E-state index contributed by atoms with van der Waals surface area (Å²) in [5.74, 6) is 0.962. The zero-order valence-corrected chi connectivity index (χ0v) is 12.2. The SMILES string of the molecule is OCCC1CCCCN1c1nccnc1-c1ccsc1. The number of hydrogen-bond donors (Lipinski definition) is 1. The first kappa shape index (κ1) is 13.5. The van der Waals surface area contributed by atoms with E-state index < -0.39 is 0 Å². The maximum Gasteiger partial charge on any atom is 0.155 e. The van der Waals surface area contributed by atoms with Crippen LogP contribution in [0.5, 0.6) is 0 Å². The standard InChI is InChI=1S/C15H19N3OS/c19-9-4-13-3-1-2-8-18(13)15-14(16-6-7-17-15)12-5-10-20-11-12/h5-7,10-11,13,19H,1-4,8-9H2. The van der Waals surface area contributed by atoms with Gasteiger partial charge in [-0.25, -0.2) is 4.98 Å². The number of nitrogens with zero attached hydrogens (tertiary/aromatic N) is 3. The van der Waals surface area contributed by atoms with Crippen molar-refractivity contribution in [2.45, 2.75) is 31.7 Å². The van der Waals surface area contributed by atoms with Crippen molar-refractivity contribution in [2.75, 3.05) is 18.1 Å². The molecule has 0 amide bonds. The summed E-state index contributed by atoms with van der Waals surface area (Å²) in [7, 11) is 0. The van der Waals surface area contributed by atoms with Crippen LogP contribution < -0.4 is 4.90 Å². The Morgan fingerprint density at radius 3 is 3.00 bits per heavy atom. The lowest BCUT2D eigenvalue weighted by atomic mass is 9.99. The summed E-state index contributed by atoms with van der Waals surface area (Å²) in [5.41, 5.74) is 2.09. The summed E-state index contributed by atoms with van der Waals surface area (Å²) < 4.78 is 0. The van der Waals surface area contributed by atoms with Gasteiger partial charge in [-0.2, -0.15) is 11.3 Å². The van der Waals surface area contributed by atoms with Crippen molar-refractivity contribution < 1.29 is 5.11 Å². The first-order valence-electron chi connectivity index (χ1n) is 7.11. The summed E-state index contributed by atoms with van der Waals surface area (Å²) >= 11 is 1.67. The zero-order valence-electron chi connectivity index (χ0n) is 11.4. The highest BCUT2D eigenvalue weighted by atomic mass is 32.1. The van der Waals surface area contributed by atoms with Crippen LogP contribution in [0, 0.1) is 0 Å². The maximum absolute atomic E-state index is 9.28. The maximum atomic E-state index is 9.28. The topological polar surface area (TPSA) is 49.2 Å². The van der Waals surface area contributed by atoms with E-state index in [1.54, 1.807) is 23.7 Å². The highest BCUT2D eigenvalue weighted by molar-refractivity contribution is 7.08. The van der Waals surface area contributed by atoms with E-state index in [-0.39, 0.29) is 6.61 Å². The number of aliphatic hydroxyl groups is 1. The molecule has 1 unspecified atom stereocenters. The van der Waals surface area contributed by atoms with Crippen LogP contribution in [0.25, 0.3) is 11.3 Å². The third-order valence-corrected chi connectivity index (χ3v) is 4.52. The zero-order chi connectivity index (χ0) is 13.8. The monoisotopic (exact) mass is 289 g/mol. The van der Waals surface area contributed by atoms with Gasteiger partial charge < -0.3 is 10.0 Å². The molecule has 3 heterocycles. The molecular formula is C15H19N3OS. The van der Waals surface area contributed by atoms with E-state index >= 15 is 0 Å². The molecule has 20 heavy (non-hydrogen) atoms. The smallest absolute Gasteiger partial charge is 0.155 e.